The number of amides is 1. The third-order valence-corrected chi connectivity index (χ3v) is 10.2. The summed E-state index contributed by atoms with van der Waals surface area (Å²) in [6.07, 6.45) is 63.1. The van der Waals surface area contributed by atoms with Gasteiger partial charge in [0.2, 0.25) is 5.91 Å². The molecule has 0 fully saturated rings. The van der Waals surface area contributed by atoms with Gasteiger partial charge in [0, 0.05) is 6.42 Å². The summed E-state index contributed by atoms with van der Waals surface area (Å²) < 4.78 is 5.80. The van der Waals surface area contributed by atoms with Crippen LogP contribution in [0.3, 0.4) is 0 Å². The molecule has 0 aromatic rings. The highest BCUT2D eigenvalue weighted by Gasteiger charge is 2.23. The van der Waals surface area contributed by atoms with Gasteiger partial charge in [-0.05, 0) is 70.3 Å². The lowest BCUT2D eigenvalue weighted by molar-refractivity contribution is -0.148. The molecule has 0 rings (SSSR count). The topological polar surface area (TPSA) is 95.9 Å². The van der Waals surface area contributed by atoms with Crippen LogP contribution < -0.4 is 5.32 Å². The van der Waals surface area contributed by atoms with Gasteiger partial charge >= 0.3 is 5.97 Å². The lowest BCUT2D eigenvalue weighted by atomic mass is 10.0. The molecule has 0 saturated heterocycles. The summed E-state index contributed by atoms with van der Waals surface area (Å²) in [7, 11) is 0. The van der Waals surface area contributed by atoms with E-state index >= 15 is 0 Å². The quantitative estimate of drug-likeness (QED) is 0.0247. The zero-order valence-electron chi connectivity index (χ0n) is 38.5. The molecule has 0 radical (unpaired) electrons. The molecule has 0 heterocycles. The van der Waals surface area contributed by atoms with Crippen LogP contribution in [0, 0.1) is 0 Å². The monoisotopic (exact) mass is 832 g/mol. The van der Waals surface area contributed by atoms with E-state index in [9.17, 15) is 19.8 Å². The first-order chi connectivity index (χ1) is 29.5. The summed E-state index contributed by atoms with van der Waals surface area (Å²) in [4.78, 5) is 26.0. The summed E-state index contributed by atoms with van der Waals surface area (Å²) in [5.74, 6) is -0.667. The molecule has 0 aliphatic carbocycles. The molecule has 6 heteroatoms. The van der Waals surface area contributed by atoms with Gasteiger partial charge in [0.05, 0.1) is 25.2 Å². The molecular formula is C54H89NO5. The first-order valence-corrected chi connectivity index (χ1v) is 24.2. The Hall–Kier alpha value is -3.48. The van der Waals surface area contributed by atoms with E-state index in [1.54, 1.807) is 6.08 Å². The van der Waals surface area contributed by atoms with Crippen LogP contribution in [0.25, 0.3) is 0 Å². The van der Waals surface area contributed by atoms with Crippen LogP contribution in [0.2, 0.25) is 0 Å². The number of nitrogens with one attached hydrogen (secondary N) is 1. The van der Waals surface area contributed by atoms with Crippen molar-refractivity contribution in [3.05, 3.63) is 109 Å². The Labute approximate surface area is 368 Å². The molecule has 3 N–H and O–H groups in total. The van der Waals surface area contributed by atoms with E-state index in [1.807, 2.05) is 30.4 Å². The lowest BCUT2D eigenvalue weighted by Gasteiger charge is -2.23. The van der Waals surface area contributed by atoms with E-state index in [2.05, 4.69) is 99.0 Å². The van der Waals surface area contributed by atoms with E-state index < -0.39 is 18.2 Å². The number of ether oxygens (including phenoxy) is 1. The Morgan fingerprint density at radius 3 is 1.55 bits per heavy atom. The Morgan fingerprint density at radius 2 is 1.00 bits per heavy atom. The fourth-order valence-corrected chi connectivity index (χ4v) is 6.58. The lowest BCUT2D eigenvalue weighted by Crippen LogP contribution is -2.46. The Balaban J connectivity index is 4.82. The molecule has 0 aromatic carbocycles. The Kier molecular flexibility index (Phi) is 43.9. The molecule has 1 amide bonds. The number of esters is 1. The van der Waals surface area contributed by atoms with Gasteiger partial charge in [0.25, 0.3) is 0 Å². The van der Waals surface area contributed by atoms with Crippen molar-refractivity contribution in [2.24, 2.45) is 0 Å². The van der Waals surface area contributed by atoms with Crippen LogP contribution in [0.4, 0.5) is 0 Å². The van der Waals surface area contributed by atoms with Crippen LogP contribution in [-0.4, -0.2) is 46.9 Å². The maximum absolute atomic E-state index is 13.1. The van der Waals surface area contributed by atoms with Crippen molar-refractivity contribution in [2.45, 2.75) is 212 Å². The minimum Gasteiger partial charge on any atom is -0.458 e. The molecule has 3 unspecified atom stereocenters. The normalized spacial score (nSPS) is 14.3. The van der Waals surface area contributed by atoms with Gasteiger partial charge in [0.15, 0.2) is 0 Å². The maximum atomic E-state index is 13.1. The van der Waals surface area contributed by atoms with Crippen molar-refractivity contribution in [2.75, 3.05) is 6.61 Å². The highest BCUT2D eigenvalue weighted by atomic mass is 16.5. The summed E-state index contributed by atoms with van der Waals surface area (Å²) in [6.45, 7) is 6.16. The molecule has 6 nitrogen and oxygen atoms in total. The largest absolute Gasteiger partial charge is 0.458 e. The van der Waals surface area contributed by atoms with Gasteiger partial charge in [-0.1, -0.05) is 220 Å². The second-order valence-electron chi connectivity index (χ2n) is 15.8. The number of carbonyl (C=O) groups excluding carboxylic acids is 2. The maximum Gasteiger partial charge on any atom is 0.306 e. The second kappa shape index (κ2) is 46.6. The average Bonchev–Trinajstić information content (AvgIpc) is 3.24. The number of hydrogen-bond acceptors (Lipinski definition) is 5. The molecule has 0 bridgehead atoms. The highest BCUT2D eigenvalue weighted by Crippen LogP contribution is 2.15. The van der Waals surface area contributed by atoms with Crippen LogP contribution in [0.1, 0.15) is 194 Å². The number of hydrogen-bond donors (Lipinski definition) is 3. The van der Waals surface area contributed by atoms with Gasteiger partial charge in [0.1, 0.15) is 6.10 Å². The van der Waals surface area contributed by atoms with E-state index in [0.29, 0.717) is 19.3 Å². The average molecular weight is 832 g/mol. The van der Waals surface area contributed by atoms with Crippen molar-refractivity contribution in [3.8, 4) is 0 Å². The predicted molar refractivity (Wildman–Crippen MR) is 259 cm³/mol. The Morgan fingerprint density at radius 1 is 0.533 bits per heavy atom. The van der Waals surface area contributed by atoms with Crippen molar-refractivity contribution in [1.29, 1.82) is 0 Å². The van der Waals surface area contributed by atoms with Crippen LogP contribution >= 0.6 is 0 Å². The van der Waals surface area contributed by atoms with Gasteiger partial charge in [-0.2, -0.15) is 0 Å². The van der Waals surface area contributed by atoms with Crippen LogP contribution in [-0.2, 0) is 14.3 Å². The minimum atomic E-state index is -0.829. The van der Waals surface area contributed by atoms with Gasteiger partial charge in [-0.15, -0.1) is 0 Å². The predicted octanol–water partition coefficient (Wildman–Crippen LogP) is 14.3. The van der Waals surface area contributed by atoms with Gasteiger partial charge < -0.3 is 20.3 Å². The van der Waals surface area contributed by atoms with Crippen molar-refractivity contribution < 1.29 is 24.5 Å². The number of carbonyl (C=O) groups is 2. The SMILES string of the molecule is CC/C=C/C=C/C=C/C=C\CCCCCCCC(=O)OC(/C=C/C/C=C/C/C=C/C/C=C/C/C=C/CC)CC(=O)NC(CO)C(O)CCCCCCCCCCCCCC. The molecule has 0 saturated carbocycles. The smallest absolute Gasteiger partial charge is 0.306 e. The van der Waals surface area contributed by atoms with E-state index in [4.69, 9.17) is 4.74 Å². The molecule has 3 atom stereocenters. The highest BCUT2D eigenvalue weighted by molar-refractivity contribution is 5.78. The zero-order valence-corrected chi connectivity index (χ0v) is 38.5. The third kappa shape index (κ3) is 41.3. The zero-order chi connectivity index (χ0) is 43.8. The molecule has 0 aliphatic heterocycles. The molecular weight excluding hydrogens is 743 g/mol. The molecule has 340 valence electrons. The van der Waals surface area contributed by atoms with Crippen LogP contribution in [0.15, 0.2) is 109 Å². The summed E-state index contributed by atoms with van der Waals surface area (Å²) in [6, 6.07) is -0.753. The fraction of sp³-hybridized carbons (Fsp3) is 0.630. The molecule has 60 heavy (non-hydrogen) atoms. The van der Waals surface area contributed by atoms with E-state index in [1.165, 1.54) is 57.8 Å². The molecule has 0 aliphatic rings. The first kappa shape index (κ1) is 56.5. The van der Waals surface area contributed by atoms with Gasteiger partial charge in [-0.25, -0.2) is 0 Å². The summed E-state index contributed by atoms with van der Waals surface area (Å²) >= 11 is 0. The molecule has 0 aromatic heterocycles. The second-order valence-corrected chi connectivity index (χ2v) is 15.8. The number of rotatable bonds is 41. The van der Waals surface area contributed by atoms with Crippen molar-refractivity contribution >= 4 is 11.9 Å². The number of unbranched alkanes of at least 4 members (excludes halogenated alkanes) is 16. The summed E-state index contributed by atoms with van der Waals surface area (Å²) in [5, 5.41) is 23.6. The standard InChI is InChI=1S/C54H89NO5/c1-4-7-10-13-16-19-22-25-27-29-32-35-38-41-44-47-54(59)60-50(45-42-39-36-33-30-28-26-23-20-17-14-11-8-5-2)48-53(58)55-51(49-56)52(57)46-43-40-37-34-31-24-21-18-15-12-9-6-3/h7-8,10-11,13,16-17,19-20,22,25-28,33,36,42,45,50-52,56-57H,4-6,9,12,14-15,18,21,23-24,29-32,34-35,37-41,43-44,46-49H2,1-3H3,(H,55,58)/b10-7+,11-8+,16-13+,20-17+,22-19+,27-25-,28-26+,36-33+,45-42+. The summed E-state index contributed by atoms with van der Waals surface area (Å²) in [5.41, 5.74) is 0. The number of allylic oxidation sites excluding steroid dienone is 17. The van der Waals surface area contributed by atoms with E-state index in [-0.39, 0.29) is 24.9 Å². The van der Waals surface area contributed by atoms with Crippen molar-refractivity contribution in [1.82, 2.24) is 5.32 Å². The minimum absolute atomic E-state index is 0.0623. The third-order valence-electron chi connectivity index (χ3n) is 10.2. The van der Waals surface area contributed by atoms with Crippen LogP contribution in [0.5, 0.6) is 0 Å². The number of aliphatic hydroxyl groups excluding tert-OH is 2. The molecule has 0 spiro atoms. The van der Waals surface area contributed by atoms with Gasteiger partial charge in [-0.3, -0.25) is 9.59 Å². The van der Waals surface area contributed by atoms with E-state index in [0.717, 1.165) is 89.9 Å². The number of aliphatic hydroxyl groups is 2. The fourth-order valence-electron chi connectivity index (χ4n) is 6.58. The Bertz CT molecular complexity index is 1250. The first-order valence-electron chi connectivity index (χ1n) is 24.2. The van der Waals surface area contributed by atoms with Crippen molar-refractivity contribution in [3.63, 3.8) is 0 Å².